The Labute approximate surface area is 135 Å². The molecule has 1 aromatic rings. The van der Waals surface area contributed by atoms with E-state index in [9.17, 15) is 9.59 Å². The average Bonchev–Trinajstić information content (AvgIpc) is 2.46. The van der Waals surface area contributed by atoms with Gasteiger partial charge in [-0.05, 0) is 45.9 Å². The normalized spacial score (nSPS) is 9.82. The van der Waals surface area contributed by atoms with Crippen molar-refractivity contribution in [3.05, 3.63) is 30.1 Å². The number of carbonyl (C=O) groups is 2. The van der Waals surface area contributed by atoms with Crippen molar-refractivity contribution >= 4 is 23.9 Å². The monoisotopic (exact) mass is 328 g/mol. The first kappa shape index (κ1) is 20.4. The fourth-order valence-electron chi connectivity index (χ4n) is 1.39. The van der Waals surface area contributed by atoms with Crippen molar-refractivity contribution < 1.29 is 19.4 Å². The topological polar surface area (TPSA) is 88.5 Å². The van der Waals surface area contributed by atoms with Crippen LogP contribution in [-0.2, 0) is 20.7 Å². The third kappa shape index (κ3) is 13.4. The number of carbonyl (C=O) groups excluding carboxylic acids is 1. The SMILES string of the molecule is CNSCC(=O)OC(C)C.O=C(O)CCCc1ccccn1. The van der Waals surface area contributed by atoms with Crippen LogP contribution in [0.5, 0.6) is 0 Å². The lowest BCUT2D eigenvalue weighted by molar-refractivity contribution is -0.144. The second-order valence-corrected chi connectivity index (χ2v) is 5.59. The minimum absolute atomic E-state index is 0.00930. The van der Waals surface area contributed by atoms with Crippen molar-refractivity contribution in [2.45, 2.75) is 39.2 Å². The molecule has 0 radical (unpaired) electrons. The Balaban J connectivity index is 0.000000409. The number of rotatable bonds is 8. The molecule has 0 aromatic carbocycles. The Morgan fingerprint density at radius 1 is 1.41 bits per heavy atom. The number of nitrogens with one attached hydrogen (secondary N) is 1. The van der Waals surface area contributed by atoms with E-state index in [2.05, 4.69) is 9.71 Å². The Kier molecular flexibility index (Phi) is 12.1. The highest BCUT2D eigenvalue weighted by Gasteiger charge is 2.03. The van der Waals surface area contributed by atoms with Gasteiger partial charge in [0.25, 0.3) is 0 Å². The van der Waals surface area contributed by atoms with E-state index < -0.39 is 5.97 Å². The van der Waals surface area contributed by atoms with E-state index in [1.165, 1.54) is 11.9 Å². The zero-order valence-corrected chi connectivity index (χ0v) is 14.1. The van der Waals surface area contributed by atoms with Crippen LogP contribution in [0.25, 0.3) is 0 Å². The molecule has 0 spiro atoms. The van der Waals surface area contributed by atoms with Crippen LogP contribution in [0.3, 0.4) is 0 Å². The fraction of sp³-hybridized carbons (Fsp3) is 0.533. The van der Waals surface area contributed by atoms with Gasteiger partial charge >= 0.3 is 11.9 Å². The number of hydrogen-bond acceptors (Lipinski definition) is 6. The van der Waals surface area contributed by atoms with Gasteiger partial charge in [-0.1, -0.05) is 18.0 Å². The molecule has 0 atom stereocenters. The molecule has 0 saturated carbocycles. The van der Waals surface area contributed by atoms with Crippen molar-refractivity contribution in [2.24, 2.45) is 0 Å². The predicted molar refractivity (Wildman–Crippen MR) is 87.6 cm³/mol. The summed E-state index contributed by atoms with van der Waals surface area (Å²) in [6.45, 7) is 3.67. The number of carboxylic acid groups (broad SMARTS) is 1. The molecular weight excluding hydrogens is 304 g/mol. The first-order chi connectivity index (χ1) is 10.5. The van der Waals surface area contributed by atoms with Crippen LogP contribution < -0.4 is 4.72 Å². The number of aryl methyl sites for hydroxylation is 1. The number of esters is 1. The van der Waals surface area contributed by atoms with E-state index >= 15 is 0 Å². The van der Waals surface area contributed by atoms with Crippen molar-refractivity contribution in [3.63, 3.8) is 0 Å². The summed E-state index contributed by atoms with van der Waals surface area (Å²) in [5, 5.41) is 8.37. The molecule has 1 heterocycles. The highest BCUT2D eigenvalue weighted by Crippen LogP contribution is 2.00. The van der Waals surface area contributed by atoms with Crippen molar-refractivity contribution in [1.82, 2.24) is 9.71 Å². The number of hydrogen-bond donors (Lipinski definition) is 2. The molecule has 1 rings (SSSR count). The van der Waals surface area contributed by atoms with E-state index in [1.807, 2.05) is 32.0 Å². The van der Waals surface area contributed by atoms with Crippen LogP contribution in [0.2, 0.25) is 0 Å². The third-order valence-corrected chi connectivity index (χ3v) is 2.92. The summed E-state index contributed by atoms with van der Waals surface area (Å²) in [5.74, 6) is -0.547. The molecule has 0 fully saturated rings. The van der Waals surface area contributed by atoms with Gasteiger partial charge in [0, 0.05) is 18.3 Å². The Morgan fingerprint density at radius 2 is 2.14 bits per heavy atom. The molecule has 1 aromatic heterocycles. The number of nitrogens with zero attached hydrogens (tertiary/aromatic N) is 1. The van der Waals surface area contributed by atoms with Crippen LogP contribution >= 0.6 is 11.9 Å². The first-order valence-electron chi connectivity index (χ1n) is 7.05. The summed E-state index contributed by atoms with van der Waals surface area (Å²) in [6.07, 6.45) is 3.33. The molecule has 2 N–H and O–H groups in total. The maximum Gasteiger partial charge on any atom is 0.317 e. The molecular formula is C15H24N2O4S. The van der Waals surface area contributed by atoms with Crippen LogP contribution in [-0.4, -0.2) is 40.9 Å². The summed E-state index contributed by atoms with van der Waals surface area (Å²) in [6, 6.07) is 5.66. The number of aliphatic carboxylic acids is 1. The Bertz CT molecular complexity index is 427. The summed E-state index contributed by atoms with van der Waals surface area (Å²) in [5.41, 5.74) is 0.957. The summed E-state index contributed by atoms with van der Waals surface area (Å²) in [4.78, 5) is 25.0. The van der Waals surface area contributed by atoms with Crippen LogP contribution in [0.1, 0.15) is 32.4 Å². The molecule has 22 heavy (non-hydrogen) atoms. The third-order valence-electron chi connectivity index (χ3n) is 2.25. The maximum atomic E-state index is 10.7. The van der Waals surface area contributed by atoms with E-state index in [0.717, 1.165) is 12.1 Å². The minimum Gasteiger partial charge on any atom is -0.481 e. The molecule has 0 amide bonds. The van der Waals surface area contributed by atoms with Crippen molar-refractivity contribution in [3.8, 4) is 0 Å². The maximum absolute atomic E-state index is 10.7. The smallest absolute Gasteiger partial charge is 0.317 e. The molecule has 0 saturated heterocycles. The number of carboxylic acids is 1. The highest BCUT2D eigenvalue weighted by molar-refractivity contribution is 7.98. The van der Waals surface area contributed by atoms with Crippen molar-refractivity contribution in [2.75, 3.05) is 12.8 Å². The predicted octanol–water partition coefficient (Wildman–Crippen LogP) is 2.29. The lowest BCUT2D eigenvalue weighted by Crippen LogP contribution is -2.14. The molecule has 7 heteroatoms. The second-order valence-electron chi connectivity index (χ2n) is 4.60. The molecule has 6 nitrogen and oxygen atoms in total. The zero-order valence-electron chi connectivity index (χ0n) is 13.2. The second kappa shape index (κ2) is 13.1. The van der Waals surface area contributed by atoms with Gasteiger partial charge in [0.05, 0.1) is 6.10 Å². The van der Waals surface area contributed by atoms with Gasteiger partial charge in [-0.25, -0.2) is 0 Å². The van der Waals surface area contributed by atoms with Gasteiger partial charge in [-0.2, -0.15) is 0 Å². The number of aromatic nitrogens is 1. The summed E-state index contributed by atoms with van der Waals surface area (Å²) in [7, 11) is 1.77. The fourth-order valence-corrected chi connectivity index (χ4v) is 1.72. The zero-order chi connectivity index (χ0) is 16.8. The van der Waals surface area contributed by atoms with E-state index in [-0.39, 0.29) is 18.5 Å². The molecule has 124 valence electrons. The van der Waals surface area contributed by atoms with Crippen LogP contribution in [0.15, 0.2) is 24.4 Å². The molecule has 0 aliphatic heterocycles. The van der Waals surface area contributed by atoms with E-state index in [1.54, 1.807) is 13.2 Å². The number of pyridine rings is 1. The highest BCUT2D eigenvalue weighted by atomic mass is 32.2. The first-order valence-corrected chi connectivity index (χ1v) is 8.04. The minimum atomic E-state index is -0.745. The van der Waals surface area contributed by atoms with Gasteiger partial charge in [0.2, 0.25) is 0 Å². The van der Waals surface area contributed by atoms with Gasteiger partial charge in [0.1, 0.15) is 5.75 Å². The summed E-state index contributed by atoms with van der Waals surface area (Å²) < 4.78 is 7.64. The van der Waals surface area contributed by atoms with Gasteiger partial charge < -0.3 is 9.84 Å². The van der Waals surface area contributed by atoms with Crippen molar-refractivity contribution in [1.29, 1.82) is 0 Å². The van der Waals surface area contributed by atoms with Crippen LogP contribution in [0.4, 0.5) is 0 Å². The van der Waals surface area contributed by atoms with Gasteiger partial charge in [0.15, 0.2) is 0 Å². The summed E-state index contributed by atoms with van der Waals surface area (Å²) >= 11 is 1.33. The van der Waals surface area contributed by atoms with E-state index in [0.29, 0.717) is 12.2 Å². The quantitative estimate of drug-likeness (QED) is 0.559. The number of ether oxygens (including phenoxy) is 1. The Hall–Kier alpha value is -1.60. The lowest BCUT2D eigenvalue weighted by atomic mass is 10.2. The van der Waals surface area contributed by atoms with E-state index in [4.69, 9.17) is 9.84 Å². The lowest BCUT2D eigenvalue weighted by Gasteiger charge is -2.06. The Morgan fingerprint density at radius 3 is 2.64 bits per heavy atom. The van der Waals surface area contributed by atoms with Gasteiger partial charge in [-0.15, -0.1) is 0 Å². The molecule has 0 unspecified atom stereocenters. The molecule has 0 aliphatic rings. The molecule has 0 bridgehead atoms. The van der Waals surface area contributed by atoms with Crippen LogP contribution in [0, 0.1) is 0 Å². The largest absolute Gasteiger partial charge is 0.481 e. The van der Waals surface area contributed by atoms with Gasteiger partial charge in [-0.3, -0.25) is 19.3 Å². The molecule has 0 aliphatic carbocycles. The standard InChI is InChI=1S/C9H11NO2.C6H13NO2S/c11-9(12)6-3-5-8-4-1-2-7-10-8;1-5(2)9-6(8)4-10-7-3/h1-2,4,7H,3,5-6H2,(H,11,12);5,7H,4H2,1-3H3. The average molecular weight is 328 g/mol.